The highest BCUT2D eigenvalue weighted by atomic mass is 19.4. The van der Waals surface area contributed by atoms with Crippen molar-refractivity contribution in [3.63, 3.8) is 0 Å². The van der Waals surface area contributed by atoms with E-state index in [4.69, 9.17) is 0 Å². The second kappa shape index (κ2) is 6.13. The Balaban J connectivity index is 1.87. The Morgan fingerprint density at radius 2 is 1.93 bits per heavy atom. The van der Waals surface area contributed by atoms with E-state index in [9.17, 15) is 23.1 Å². The van der Waals surface area contributed by atoms with E-state index in [-0.39, 0.29) is 40.3 Å². The number of hydrogen-bond acceptors (Lipinski definition) is 5. The van der Waals surface area contributed by atoms with Gasteiger partial charge in [0.1, 0.15) is 22.5 Å². The molecule has 1 saturated carbocycles. The van der Waals surface area contributed by atoms with E-state index in [2.05, 4.69) is 15.1 Å². The molecule has 28 heavy (non-hydrogen) atoms. The number of aromatic nitrogens is 5. The van der Waals surface area contributed by atoms with Gasteiger partial charge in [0.15, 0.2) is 5.52 Å². The number of fused-ring (bicyclic) bond motifs is 1. The van der Waals surface area contributed by atoms with Gasteiger partial charge in [0.25, 0.3) is 5.56 Å². The summed E-state index contributed by atoms with van der Waals surface area (Å²) in [4.78, 5) is 20.5. The zero-order valence-corrected chi connectivity index (χ0v) is 15.2. The molecule has 1 aliphatic rings. The Labute approximate surface area is 157 Å². The van der Waals surface area contributed by atoms with Crippen LogP contribution in [-0.4, -0.2) is 29.4 Å². The minimum atomic E-state index is -4.57. The first-order valence-corrected chi connectivity index (χ1v) is 8.87. The smallest absolute Gasteiger partial charge is 0.379 e. The van der Waals surface area contributed by atoms with Crippen LogP contribution in [0.4, 0.5) is 13.2 Å². The molecule has 10 heteroatoms. The Bertz CT molecular complexity index is 1100. The Morgan fingerprint density at radius 1 is 1.21 bits per heavy atom. The zero-order valence-electron chi connectivity index (χ0n) is 15.2. The van der Waals surface area contributed by atoms with E-state index in [0.29, 0.717) is 0 Å². The summed E-state index contributed by atoms with van der Waals surface area (Å²) >= 11 is 0. The Hall–Kier alpha value is -2.75. The number of hydrogen-bond donors (Lipinski definition) is 1. The molecule has 0 bridgehead atoms. The quantitative estimate of drug-likeness (QED) is 0.736. The van der Waals surface area contributed by atoms with Crippen LogP contribution in [0.1, 0.15) is 49.2 Å². The maximum absolute atomic E-state index is 12.8. The third-order valence-electron chi connectivity index (χ3n) is 5.15. The molecule has 1 fully saturated rings. The van der Waals surface area contributed by atoms with Crippen molar-refractivity contribution in [2.24, 2.45) is 7.05 Å². The van der Waals surface area contributed by atoms with Crippen molar-refractivity contribution >= 4 is 11.0 Å². The van der Waals surface area contributed by atoms with Crippen molar-refractivity contribution in [1.29, 1.82) is 0 Å². The van der Waals surface area contributed by atoms with Crippen LogP contribution in [0.15, 0.2) is 29.5 Å². The summed E-state index contributed by atoms with van der Waals surface area (Å²) in [6.07, 6.45) is -0.198. The van der Waals surface area contributed by atoms with Gasteiger partial charge in [-0.05, 0) is 25.3 Å². The average molecular weight is 393 g/mol. The summed E-state index contributed by atoms with van der Waals surface area (Å²) in [6.45, 7) is 1.68. The second-order valence-corrected chi connectivity index (χ2v) is 7.00. The molecule has 0 radical (unpaired) electrons. The summed E-state index contributed by atoms with van der Waals surface area (Å²) in [5.74, 6) is 0. The molecule has 0 aliphatic heterocycles. The van der Waals surface area contributed by atoms with Gasteiger partial charge in [-0.2, -0.15) is 18.3 Å². The fraction of sp³-hybridized carbons (Fsp3) is 0.444. The van der Waals surface area contributed by atoms with Crippen molar-refractivity contribution < 1.29 is 18.3 Å². The van der Waals surface area contributed by atoms with Gasteiger partial charge in [0.05, 0.1) is 6.33 Å². The van der Waals surface area contributed by atoms with Gasteiger partial charge in [-0.25, -0.2) is 4.98 Å². The van der Waals surface area contributed by atoms with E-state index in [1.54, 1.807) is 14.0 Å². The molecule has 1 aliphatic carbocycles. The predicted octanol–water partition coefficient (Wildman–Crippen LogP) is 2.52. The van der Waals surface area contributed by atoms with Gasteiger partial charge in [-0.15, -0.1) is 0 Å². The third-order valence-corrected chi connectivity index (χ3v) is 5.15. The lowest BCUT2D eigenvalue weighted by Crippen LogP contribution is -2.30. The van der Waals surface area contributed by atoms with Crippen LogP contribution in [0.25, 0.3) is 11.0 Å². The maximum Gasteiger partial charge on any atom is 0.433 e. The Morgan fingerprint density at radius 3 is 2.46 bits per heavy atom. The van der Waals surface area contributed by atoms with Gasteiger partial charge >= 0.3 is 6.18 Å². The van der Waals surface area contributed by atoms with Crippen molar-refractivity contribution in [2.45, 2.75) is 44.0 Å². The number of halogens is 3. The fourth-order valence-electron chi connectivity index (χ4n) is 3.46. The molecule has 0 amide bonds. The van der Waals surface area contributed by atoms with Crippen molar-refractivity contribution in [2.75, 3.05) is 0 Å². The van der Waals surface area contributed by atoms with Gasteiger partial charge in [0, 0.05) is 24.8 Å². The molecule has 1 atom stereocenters. The molecule has 0 saturated heterocycles. The van der Waals surface area contributed by atoms with Crippen molar-refractivity contribution in [3.8, 4) is 0 Å². The second-order valence-electron chi connectivity index (χ2n) is 7.00. The van der Waals surface area contributed by atoms with Gasteiger partial charge in [-0.1, -0.05) is 13.0 Å². The first kappa shape index (κ1) is 18.6. The van der Waals surface area contributed by atoms with Crippen LogP contribution >= 0.6 is 0 Å². The molecule has 4 rings (SSSR count). The molecule has 7 nitrogen and oxygen atoms in total. The lowest BCUT2D eigenvalue weighted by Gasteiger charge is -2.27. The van der Waals surface area contributed by atoms with E-state index < -0.39 is 17.5 Å². The summed E-state index contributed by atoms with van der Waals surface area (Å²) in [6, 6.07) is 2.13. The molecular formula is C18H18F3N5O2. The molecule has 0 aromatic carbocycles. The maximum atomic E-state index is 12.8. The number of pyridine rings is 1. The number of aliphatic hydroxyl groups is 1. The minimum Gasteiger partial charge on any atom is -0.379 e. The van der Waals surface area contributed by atoms with Crippen LogP contribution in [0.2, 0.25) is 0 Å². The molecule has 3 heterocycles. The normalized spacial score (nSPS) is 17.1. The van der Waals surface area contributed by atoms with Crippen LogP contribution in [-0.2, 0) is 18.8 Å². The summed E-state index contributed by atoms with van der Waals surface area (Å²) < 4.78 is 41.3. The fourth-order valence-corrected chi connectivity index (χ4v) is 3.46. The molecule has 0 spiro atoms. The van der Waals surface area contributed by atoms with Crippen LogP contribution in [0.3, 0.4) is 0 Å². The zero-order chi connectivity index (χ0) is 20.3. The number of alkyl halides is 3. The standard InChI is InChI=1S/C18H18F3N5O2/c1-3-17(28,10-4-7-12(22-8-10)18(19,20)21)15-13-14(24-25(15)2)16(27)26(9-23-13)11-5-6-11/h4,7-9,11,28H,3,5-6H2,1-2H3. The highest BCUT2D eigenvalue weighted by molar-refractivity contribution is 5.77. The highest BCUT2D eigenvalue weighted by Gasteiger charge is 2.39. The Kier molecular flexibility index (Phi) is 4.07. The molecule has 3 aromatic rings. The molecular weight excluding hydrogens is 375 g/mol. The third kappa shape index (κ3) is 2.79. The van der Waals surface area contributed by atoms with Crippen LogP contribution < -0.4 is 5.56 Å². The number of nitrogens with zero attached hydrogens (tertiary/aromatic N) is 5. The largest absolute Gasteiger partial charge is 0.433 e. The van der Waals surface area contributed by atoms with Gasteiger partial charge in [0.2, 0.25) is 0 Å². The SMILES string of the molecule is CCC(O)(c1ccc(C(F)(F)F)nc1)c1c2ncn(C3CC3)c(=O)c2nn1C. The summed E-state index contributed by atoms with van der Waals surface area (Å²) in [7, 11) is 1.57. The molecule has 1 N–H and O–H groups in total. The molecule has 3 aromatic heterocycles. The van der Waals surface area contributed by atoms with Crippen LogP contribution in [0, 0.1) is 0 Å². The summed E-state index contributed by atoms with van der Waals surface area (Å²) in [5.41, 5.74) is -2.28. The van der Waals surface area contributed by atoms with Crippen molar-refractivity contribution in [1.82, 2.24) is 24.3 Å². The van der Waals surface area contributed by atoms with E-state index in [0.717, 1.165) is 25.1 Å². The van der Waals surface area contributed by atoms with Crippen LogP contribution in [0.5, 0.6) is 0 Å². The van der Waals surface area contributed by atoms with E-state index in [1.807, 2.05) is 0 Å². The number of aryl methyl sites for hydroxylation is 1. The van der Waals surface area contributed by atoms with Crippen molar-refractivity contribution in [3.05, 3.63) is 52.0 Å². The number of rotatable bonds is 4. The first-order chi connectivity index (χ1) is 13.2. The lowest BCUT2D eigenvalue weighted by atomic mass is 9.88. The lowest BCUT2D eigenvalue weighted by molar-refractivity contribution is -0.141. The van der Waals surface area contributed by atoms with E-state index in [1.165, 1.54) is 21.6 Å². The first-order valence-electron chi connectivity index (χ1n) is 8.87. The molecule has 148 valence electrons. The van der Waals surface area contributed by atoms with Gasteiger partial charge < -0.3 is 5.11 Å². The highest BCUT2D eigenvalue weighted by Crippen LogP contribution is 2.37. The predicted molar refractivity (Wildman–Crippen MR) is 93.6 cm³/mol. The summed E-state index contributed by atoms with van der Waals surface area (Å²) in [5, 5.41) is 15.6. The monoisotopic (exact) mass is 393 g/mol. The minimum absolute atomic E-state index is 0.124. The molecule has 1 unspecified atom stereocenters. The topological polar surface area (TPSA) is 85.8 Å². The van der Waals surface area contributed by atoms with Gasteiger partial charge in [-0.3, -0.25) is 19.0 Å². The van der Waals surface area contributed by atoms with E-state index >= 15 is 0 Å². The average Bonchev–Trinajstić information content (AvgIpc) is 3.43.